The van der Waals surface area contributed by atoms with Gasteiger partial charge in [0.25, 0.3) is 11.5 Å². The van der Waals surface area contributed by atoms with Gasteiger partial charge in [0.2, 0.25) is 0 Å². The van der Waals surface area contributed by atoms with Crippen molar-refractivity contribution in [3.63, 3.8) is 0 Å². The van der Waals surface area contributed by atoms with E-state index >= 15 is 0 Å². The summed E-state index contributed by atoms with van der Waals surface area (Å²) in [5, 5.41) is 5.11. The zero-order chi connectivity index (χ0) is 18.1. The number of H-pyrrole nitrogens is 1. The Bertz CT molecular complexity index is 999. The van der Waals surface area contributed by atoms with E-state index in [0.29, 0.717) is 18.8 Å². The van der Waals surface area contributed by atoms with Gasteiger partial charge < -0.3 is 14.6 Å². The lowest BCUT2D eigenvalue weighted by Gasteiger charge is -2.32. The third kappa shape index (κ3) is 3.08. The number of carbonyl (C=O) groups excluding carboxylic acids is 1. The number of aromatic amines is 1. The highest BCUT2D eigenvalue weighted by molar-refractivity contribution is 5.92. The van der Waals surface area contributed by atoms with Crippen molar-refractivity contribution in [2.45, 2.75) is 18.9 Å². The minimum atomic E-state index is -0.229. The van der Waals surface area contributed by atoms with Gasteiger partial charge in [-0.25, -0.2) is 4.68 Å². The molecule has 1 amide bonds. The molecule has 7 nitrogen and oxygen atoms in total. The first-order chi connectivity index (χ1) is 12.6. The molecule has 0 saturated carbocycles. The summed E-state index contributed by atoms with van der Waals surface area (Å²) in [7, 11) is 1.54. The van der Waals surface area contributed by atoms with Crippen LogP contribution in [0.15, 0.2) is 47.4 Å². The van der Waals surface area contributed by atoms with Gasteiger partial charge in [0.05, 0.1) is 0 Å². The molecule has 1 N–H and O–H groups in total. The first-order valence-electron chi connectivity index (χ1n) is 8.68. The van der Waals surface area contributed by atoms with Crippen molar-refractivity contribution in [1.29, 1.82) is 0 Å². The second kappa shape index (κ2) is 6.67. The van der Waals surface area contributed by atoms with Crippen molar-refractivity contribution in [2.75, 3.05) is 13.1 Å². The number of aryl methyl sites for hydroxylation is 1. The fourth-order valence-corrected chi connectivity index (χ4v) is 3.29. The molecule has 4 rings (SSSR count). The maximum Gasteiger partial charge on any atom is 0.274 e. The smallest absolute Gasteiger partial charge is 0.274 e. The van der Waals surface area contributed by atoms with Gasteiger partial charge in [-0.1, -0.05) is 6.07 Å². The molecule has 0 radical (unpaired) electrons. The van der Waals surface area contributed by atoms with Gasteiger partial charge in [0.1, 0.15) is 17.5 Å². The predicted molar refractivity (Wildman–Crippen MR) is 97.3 cm³/mol. The van der Waals surface area contributed by atoms with Gasteiger partial charge in [-0.2, -0.15) is 5.10 Å². The summed E-state index contributed by atoms with van der Waals surface area (Å²) in [6.45, 7) is 1.22. The maximum atomic E-state index is 12.6. The summed E-state index contributed by atoms with van der Waals surface area (Å²) < 4.78 is 7.36. The van der Waals surface area contributed by atoms with Gasteiger partial charge in [-0.15, -0.1) is 0 Å². The second-order valence-electron chi connectivity index (χ2n) is 6.48. The Labute approximate surface area is 150 Å². The van der Waals surface area contributed by atoms with E-state index in [4.69, 9.17) is 4.74 Å². The molecule has 2 aromatic heterocycles. The summed E-state index contributed by atoms with van der Waals surface area (Å²) in [5.74, 6) is 0.722. The molecule has 0 atom stereocenters. The number of fused-ring (bicyclic) bond motifs is 1. The molecule has 1 fully saturated rings. The Hall–Kier alpha value is -3.09. The Morgan fingerprint density at radius 2 is 2.00 bits per heavy atom. The van der Waals surface area contributed by atoms with Crippen molar-refractivity contribution in [2.24, 2.45) is 7.05 Å². The number of rotatable bonds is 3. The van der Waals surface area contributed by atoms with Crippen LogP contribution in [-0.4, -0.2) is 44.8 Å². The van der Waals surface area contributed by atoms with Crippen LogP contribution in [-0.2, 0) is 7.05 Å². The third-order valence-corrected chi connectivity index (χ3v) is 4.76. The molecule has 26 heavy (non-hydrogen) atoms. The topological polar surface area (TPSA) is 80.2 Å². The van der Waals surface area contributed by atoms with E-state index in [1.54, 1.807) is 11.9 Å². The number of hydrogen-bond donors (Lipinski definition) is 1. The molecule has 3 heterocycles. The zero-order valence-corrected chi connectivity index (χ0v) is 14.5. The number of amides is 1. The quantitative estimate of drug-likeness (QED) is 0.781. The predicted octanol–water partition coefficient (Wildman–Crippen LogP) is 1.95. The van der Waals surface area contributed by atoms with Crippen molar-refractivity contribution in [3.8, 4) is 5.75 Å². The third-order valence-electron chi connectivity index (χ3n) is 4.76. The first kappa shape index (κ1) is 16.4. The molecular weight excluding hydrogens is 332 g/mol. The zero-order valence-electron chi connectivity index (χ0n) is 14.5. The number of nitrogens with zero attached hydrogens (tertiary/aromatic N) is 3. The molecule has 0 aliphatic carbocycles. The van der Waals surface area contributed by atoms with Crippen LogP contribution in [0.4, 0.5) is 0 Å². The first-order valence-corrected chi connectivity index (χ1v) is 8.68. The number of carbonyl (C=O) groups is 1. The fourth-order valence-electron chi connectivity index (χ4n) is 3.29. The van der Waals surface area contributed by atoms with Crippen molar-refractivity contribution < 1.29 is 9.53 Å². The average molecular weight is 352 g/mol. The van der Waals surface area contributed by atoms with Crippen LogP contribution >= 0.6 is 0 Å². The van der Waals surface area contributed by atoms with E-state index in [1.165, 1.54) is 16.8 Å². The minimum Gasteiger partial charge on any atom is -0.490 e. The molecule has 3 aromatic rings. The van der Waals surface area contributed by atoms with E-state index in [1.807, 2.05) is 30.5 Å². The lowest BCUT2D eigenvalue weighted by molar-refractivity contribution is 0.0590. The number of hydrogen-bond acceptors (Lipinski definition) is 4. The Morgan fingerprint density at radius 1 is 1.19 bits per heavy atom. The molecular formula is C19H20N4O3. The summed E-state index contributed by atoms with van der Waals surface area (Å²) >= 11 is 0. The van der Waals surface area contributed by atoms with E-state index < -0.39 is 0 Å². The number of piperidine rings is 1. The average Bonchev–Trinajstić information content (AvgIpc) is 3.14. The van der Waals surface area contributed by atoms with Crippen LogP contribution in [0, 0.1) is 0 Å². The standard InChI is InChI=1S/C19H20N4O3/c1-22-18(24)6-5-16(21-22)19(25)23-11-8-13(9-12-23)26-17-4-2-3-15-14(17)7-10-20-15/h2-7,10,13,20H,8-9,11-12H2,1H3. The van der Waals surface area contributed by atoms with Crippen molar-refractivity contribution in [3.05, 3.63) is 58.6 Å². The highest BCUT2D eigenvalue weighted by Crippen LogP contribution is 2.27. The number of aromatic nitrogens is 3. The maximum absolute atomic E-state index is 12.6. The van der Waals surface area contributed by atoms with Crippen LogP contribution in [0.5, 0.6) is 5.75 Å². The Morgan fingerprint density at radius 3 is 2.77 bits per heavy atom. The molecule has 0 bridgehead atoms. The Kier molecular flexibility index (Phi) is 4.20. The highest BCUT2D eigenvalue weighted by Gasteiger charge is 2.26. The van der Waals surface area contributed by atoms with Crippen LogP contribution in [0.3, 0.4) is 0 Å². The van der Waals surface area contributed by atoms with E-state index in [2.05, 4.69) is 10.1 Å². The normalized spacial score (nSPS) is 15.3. The lowest BCUT2D eigenvalue weighted by Crippen LogP contribution is -2.42. The van der Waals surface area contributed by atoms with Crippen LogP contribution in [0.1, 0.15) is 23.3 Å². The van der Waals surface area contributed by atoms with E-state index in [0.717, 1.165) is 29.5 Å². The summed E-state index contributed by atoms with van der Waals surface area (Å²) in [6.07, 6.45) is 3.50. The van der Waals surface area contributed by atoms with Crippen LogP contribution < -0.4 is 10.3 Å². The molecule has 1 aromatic carbocycles. The molecule has 7 heteroatoms. The van der Waals surface area contributed by atoms with Gasteiger partial charge in [0, 0.05) is 56.1 Å². The van der Waals surface area contributed by atoms with Crippen molar-refractivity contribution in [1.82, 2.24) is 19.7 Å². The number of ether oxygens (including phenoxy) is 1. The largest absolute Gasteiger partial charge is 0.490 e. The van der Waals surface area contributed by atoms with Gasteiger partial charge in [0.15, 0.2) is 0 Å². The highest BCUT2D eigenvalue weighted by atomic mass is 16.5. The van der Waals surface area contributed by atoms with E-state index in [9.17, 15) is 9.59 Å². The molecule has 0 unspecified atom stereocenters. The number of nitrogens with one attached hydrogen (secondary N) is 1. The summed E-state index contributed by atoms with van der Waals surface area (Å²) in [5.41, 5.74) is 1.12. The summed E-state index contributed by atoms with van der Waals surface area (Å²) in [6, 6.07) is 10.8. The number of benzene rings is 1. The SMILES string of the molecule is Cn1nc(C(=O)N2CCC(Oc3cccc4[nH]ccc34)CC2)ccc1=O. The minimum absolute atomic E-state index is 0.0765. The Balaban J connectivity index is 1.41. The molecule has 0 spiro atoms. The number of likely N-dealkylation sites (tertiary alicyclic amines) is 1. The molecule has 1 saturated heterocycles. The van der Waals surface area contributed by atoms with Gasteiger partial charge >= 0.3 is 0 Å². The van der Waals surface area contributed by atoms with Gasteiger partial charge in [-0.05, 0) is 24.3 Å². The molecule has 1 aliphatic rings. The molecule has 1 aliphatic heterocycles. The molecule has 134 valence electrons. The van der Waals surface area contributed by atoms with Crippen LogP contribution in [0.2, 0.25) is 0 Å². The lowest BCUT2D eigenvalue weighted by atomic mass is 10.1. The monoisotopic (exact) mass is 352 g/mol. The van der Waals surface area contributed by atoms with Crippen molar-refractivity contribution >= 4 is 16.8 Å². The second-order valence-corrected chi connectivity index (χ2v) is 6.48. The summed E-state index contributed by atoms with van der Waals surface area (Å²) in [4.78, 5) is 28.9. The van der Waals surface area contributed by atoms with Crippen LogP contribution in [0.25, 0.3) is 10.9 Å². The van der Waals surface area contributed by atoms with Gasteiger partial charge in [-0.3, -0.25) is 9.59 Å². The fraction of sp³-hybridized carbons (Fsp3) is 0.316. The van der Waals surface area contributed by atoms with E-state index in [-0.39, 0.29) is 17.6 Å².